The Morgan fingerprint density at radius 3 is 2.70 bits per heavy atom. The summed E-state index contributed by atoms with van der Waals surface area (Å²) in [5.41, 5.74) is 2.98. The Morgan fingerprint density at radius 2 is 1.96 bits per heavy atom. The zero-order valence-electron chi connectivity index (χ0n) is 12.4. The van der Waals surface area contributed by atoms with Gasteiger partial charge in [0.2, 0.25) is 0 Å². The van der Waals surface area contributed by atoms with Crippen LogP contribution >= 0.6 is 0 Å². The topological polar surface area (TPSA) is 49.3 Å². The highest BCUT2D eigenvalue weighted by Gasteiger charge is 2.39. The van der Waals surface area contributed by atoms with Gasteiger partial charge >= 0.3 is 5.97 Å². The first-order valence-electron chi connectivity index (χ1n) is 7.70. The van der Waals surface area contributed by atoms with Gasteiger partial charge in [-0.2, -0.15) is 0 Å². The molecule has 4 rings (SSSR count). The lowest BCUT2D eigenvalue weighted by molar-refractivity contribution is 0.0697. The number of hydrogen-bond donors (Lipinski definition) is 2. The monoisotopic (exact) mass is 309 g/mol. The van der Waals surface area contributed by atoms with Crippen molar-refractivity contribution in [3.05, 3.63) is 77.1 Å². The minimum atomic E-state index is -0.937. The fourth-order valence-corrected chi connectivity index (χ4v) is 3.80. The van der Waals surface area contributed by atoms with Crippen molar-refractivity contribution in [3.8, 4) is 0 Å². The minimum absolute atomic E-state index is 0.0244. The van der Waals surface area contributed by atoms with Crippen molar-refractivity contribution in [1.29, 1.82) is 0 Å². The summed E-state index contributed by atoms with van der Waals surface area (Å²) in [5.74, 6) is -0.692. The average molecular weight is 309 g/mol. The number of benzene rings is 2. The molecular formula is C19H16FNO2. The molecular weight excluding hydrogens is 293 g/mol. The molecule has 3 atom stereocenters. The summed E-state index contributed by atoms with van der Waals surface area (Å²) in [7, 11) is 0. The Balaban J connectivity index is 1.83. The second-order valence-corrected chi connectivity index (χ2v) is 6.10. The van der Waals surface area contributed by atoms with Crippen molar-refractivity contribution in [1.82, 2.24) is 0 Å². The molecule has 0 saturated carbocycles. The molecule has 1 heterocycles. The Bertz CT molecular complexity index is 798. The van der Waals surface area contributed by atoms with Gasteiger partial charge in [-0.05, 0) is 41.7 Å². The molecule has 0 amide bonds. The smallest absolute Gasteiger partial charge is 0.337 e. The number of anilines is 1. The molecule has 3 nitrogen and oxygen atoms in total. The van der Waals surface area contributed by atoms with Crippen LogP contribution in [-0.2, 0) is 0 Å². The van der Waals surface area contributed by atoms with Gasteiger partial charge in [-0.1, -0.05) is 36.4 Å². The zero-order chi connectivity index (χ0) is 16.0. The molecule has 0 bridgehead atoms. The molecule has 0 unspecified atom stereocenters. The van der Waals surface area contributed by atoms with E-state index in [1.807, 2.05) is 6.07 Å². The molecule has 2 aromatic carbocycles. The van der Waals surface area contributed by atoms with Crippen molar-refractivity contribution >= 4 is 11.7 Å². The summed E-state index contributed by atoms with van der Waals surface area (Å²) in [6.07, 6.45) is 5.24. The zero-order valence-corrected chi connectivity index (χ0v) is 12.4. The van der Waals surface area contributed by atoms with E-state index in [-0.39, 0.29) is 23.3 Å². The van der Waals surface area contributed by atoms with Crippen LogP contribution in [0.4, 0.5) is 10.1 Å². The van der Waals surface area contributed by atoms with Gasteiger partial charge in [0.25, 0.3) is 0 Å². The lowest BCUT2D eigenvalue weighted by Gasteiger charge is -2.38. The van der Waals surface area contributed by atoms with Crippen LogP contribution in [0, 0.1) is 11.7 Å². The first-order valence-corrected chi connectivity index (χ1v) is 7.70. The fraction of sp³-hybridized carbons (Fsp3) is 0.211. The van der Waals surface area contributed by atoms with Gasteiger partial charge in [-0.3, -0.25) is 0 Å². The number of nitrogens with one attached hydrogen (secondary N) is 1. The van der Waals surface area contributed by atoms with Gasteiger partial charge in [-0.25, -0.2) is 9.18 Å². The van der Waals surface area contributed by atoms with Gasteiger partial charge < -0.3 is 10.4 Å². The number of carboxylic acids is 1. The molecule has 0 radical (unpaired) electrons. The average Bonchev–Trinajstić information content (AvgIpc) is 3.04. The number of rotatable bonds is 2. The second kappa shape index (κ2) is 5.23. The van der Waals surface area contributed by atoms with E-state index in [4.69, 9.17) is 0 Å². The molecule has 0 fully saturated rings. The highest BCUT2D eigenvalue weighted by atomic mass is 19.1. The first-order chi connectivity index (χ1) is 11.1. The molecule has 1 aliphatic heterocycles. The first kappa shape index (κ1) is 14.0. The van der Waals surface area contributed by atoms with Crippen LogP contribution in [0.2, 0.25) is 0 Å². The number of aromatic carboxylic acids is 1. The third-order valence-electron chi connectivity index (χ3n) is 4.86. The van der Waals surface area contributed by atoms with Crippen LogP contribution in [0.1, 0.15) is 39.9 Å². The number of halogens is 1. The molecule has 0 aromatic heterocycles. The lowest BCUT2D eigenvalue weighted by atomic mass is 9.76. The minimum Gasteiger partial charge on any atom is -0.478 e. The highest BCUT2D eigenvalue weighted by Crippen LogP contribution is 2.50. The van der Waals surface area contributed by atoms with E-state index in [1.165, 1.54) is 12.1 Å². The molecule has 2 aliphatic rings. The van der Waals surface area contributed by atoms with Crippen LogP contribution in [0.5, 0.6) is 0 Å². The van der Waals surface area contributed by atoms with Crippen LogP contribution < -0.4 is 5.32 Å². The number of fused-ring (bicyclic) bond motifs is 3. The maximum Gasteiger partial charge on any atom is 0.337 e. The van der Waals surface area contributed by atoms with Gasteiger partial charge in [0.05, 0.1) is 17.3 Å². The Kier molecular flexibility index (Phi) is 3.18. The molecule has 0 spiro atoms. The Morgan fingerprint density at radius 1 is 1.17 bits per heavy atom. The summed E-state index contributed by atoms with van der Waals surface area (Å²) in [5, 5.41) is 12.9. The van der Waals surface area contributed by atoms with Gasteiger partial charge in [0, 0.05) is 5.92 Å². The van der Waals surface area contributed by atoms with E-state index in [1.54, 1.807) is 24.3 Å². The van der Waals surface area contributed by atoms with Gasteiger partial charge in [-0.15, -0.1) is 0 Å². The van der Waals surface area contributed by atoms with Crippen LogP contribution in [0.3, 0.4) is 0 Å². The van der Waals surface area contributed by atoms with E-state index < -0.39 is 5.97 Å². The number of carbonyl (C=O) groups is 1. The van der Waals surface area contributed by atoms with Crippen LogP contribution in [-0.4, -0.2) is 11.1 Å². The largest absolute Gasteiger partial charge is 0.478 e. The third kappa shape index (κ3) is 2.22. The normalized spacial score (nSPS) is 24.7. The van der Waals surface area contributed by atoms with E-state index in [0.717, 1.165) is 17.5 Å². The number of hydrogen-bond acceptors (Lipinski definition) is 2. The van der Waals surface area contributed by atoms with Crippen LogP contribution in [0.25, 0.3) is 0 Å². The van der Waals surface area contributed by atoms with E-state index in [0.29, 0.717) is 11.6 Å². The van der Waals surface area contributed by atoms with E-state index >= 15 is 0 Å². The molecule has 1 aliphatic carbocycles. The summed E-state index contributed by atoms with van der Waals surface area (Å²) in [6.45, 7) is 0. The fourth-order valence-electron chi connectivity index (χ4n) is 3.80. The van der Waals surface area contributed by atoms with Crippen molar-refractivity contribution in [2.24, 2.45) is 5.92 Å². The predicted molar refractivity (Wildman–Crippen MR) is 86.2 cm³/mol. The van der Waals surface area contributed by atoms with E-state index in [2.05, 4.69) is 17.5 Å². The lowest BCUT2D eigenvalue weighted by Crippen LogP contribution is -2.30. The van der Waals surface area contributed by atoms with Crippen molar-refractivity contribution < 1.29 is 14.3 Å². The highest BCUT2D eigenvalue weighted by molar-refractivity contribution is 5.95. The molecule has 2 aromatic rings. The maximum atomic E-state index is 13.2. The standard InChI is InChI=1S/C19H16FNO2/c20-12-9-7-11(8-10-12)17-14-4-1-3-13(14)15-5-2-6-16(19(22)23)18(15)21-17/h1-3,5-10,13-14,17,21H,4H2,(H,22,23)/t13-,14+,17-/m1/s1. The molecule has 0 saturated heterocycles. The molecule has 23 heavy (non-hydrogen) atoms. The Labute approximate surface area is 133 Å². The van der Waals surface area contributed by atoms with Gasteiger partial charge in [0.1, 0.15) is 5.82 Å². The number of carboxylic acid groups (broad SMARTS) is 1. The predicted octanol–water partition coefficient (Wildman–Crippen LogP) is 4.35. The Hall–Kier alpha value is -2.62. The molecule has 2 N–H and O–H groups in total. The quantitative estimate of drug-likeness (QED) is 0.811. The molecule has 4 heteroatoms. The molecule has 116 valence electrons. The van der Waals surface area contributed by atoms with Gasteiger partial charge in [0.15, 0.2) is 0 Å². The van der Waals surface area contributed by atoms with Crippen molar-refractivity contribution in [3.63, 3.8) is 0 Å². The van der Waals surface area contributed by atoms with E-state index in [9.17, 15) is 14.3 Å². The van der Waals surface area contributed by atoms with Crippen molar-refractivity contribution in [2.45, 2.75) is 18.4 Å². The van der Waals surface area contributed by atoms with Crippen LogP contribution in [0.15, 0.2) is 54.6 Å². The third-order valence-corrected chi connectivity index (χ3v) is 4.86. The SMILES string of the molecule is O=C(O)c1cccc2c1N[C@H](c1ccc(F)cc1)[C@H]1CC=C[C@@H]21. The second-order valence-electron chi connectivity index (χ2n) is 6.10. The summed E-state index contributed by atoms with van der Waals surface area (Å²) in [6, 6.07) is 11.8. The summed E-state index contributed by atoms with van der Waals surface area (Å²) < 4.78 is 13.2. The summed E-state index contributed by atoms with van der Waals surface area (Å²) >= 11 is 0. The summed E-state index contributed by atoms with van der Waals surface area (Å²) in [4.78, 5) is 11.5. The van der Waals surface area contributed by atoms with Crippen molar-refractivity contribution in [2.75, 3.05) is 5.32 Å². The number of para-hydroxylation sites is 1. The maximum absolute atomic E-state index is 13.2. The number of allylic oxidation sites excluding steroid dienone is 2.